The summed E-state index contributed by atoms with van der Waals surface area (Å²) in [5.41, 5.74) is 2.46. The Hall–Kier alpha value is -2.90. The Bertz CT molecular complexity index is 786. The monoisotopic (exact) mass is 330 g/mol. The lowest BCUT2D eigenvalue weighted by molar-refractivity contribution is -0.119. The lowest BCUT2D eigenvalue weighted by atomic mass is 10.1. The third-order valence-electron chi connectivity index (χ3n) is 3.73. The third kappa shape index (κ3) is 3.22. The van der Waals surface area contributed by atoms with Gasteiger partial charge in [-0.1, -0.05) is 5.16 Å². The summed E-state index contributed by atoms with van der Waals surface area (Å²) in [7, 11) is 0. The smallest absolute Gasteiger partial charge is 0.414 e. The van der Waals surface area contributed by atoms with Crippen LogP contribution in [0.2, 0.25) is 0 Å². The zero-order valence-electron chi connectivity index (χ0n) is 13.7. The Morgan fingerprint density at radius 1 is 1.42 bits per heavy atom. The molecule has 0 saturated carbocycles. The van der Waals surface area contributed by atoms with Gasteiger partial charge in [0, 0.05) is 18.2 Å². The van der Waals surface area contributed by atoms with Crippen LogP contribution in [0.3, 0.4) is 0 Å². The van der Waals surface area contributed by atoms with Crippen LogP contribution >= 0.6 is 0 Å². The molecule has 1 aliphatic heterocycles. The SMILES string of the molecule is CC(=O)NCC1CN(c2ccc(-c3nc(C)no3)c(C)c2)C(=O)O1. The number of aryl methyl sites for hydroxylation is 2. The fourth-order valence-corrected chi connectivity index (χ4v) is 2.56. The van der Waals surface area contributed by atoms with Gasteiger partial charge in [-0.15, -0.1) is 0 Å². The predicted octanol–water partition coefficient (Wildman–Crippen LogP) is 1.81. The van der Waals surface area contributed by atoms with E-state index in [0.29, 0.717) is 24.8 Å². The highest BCUT2D eigenvalue weighted by Crippen LogP contribution is 2.28. The van der Waals surface area contributed by atoms with Gasteiger partial charge in [0.1, 0.15) is 6.10 Å². The summed E-state index contributed by atoms with van der Waals surface area (Å²) in [6, 6.07) is 5.52. The molecule has 24 heavy (non-hydrogen) atoms. The highest BCUT2D eigenvalue weighted by molar-refractivity contribution is 5.90. The van der Waals surface area contributed by atoms with Gasteiger partial charge in [-0.2, -0.15) is 4.98 Å². The van der Waals surface area contributed by atoms with Crippen molar-refractivity contribution < 1.29 is 18.8 Å². The molecule has 0 bridgehead atoms. The molecule has 3 rings (SSSR count). The number of rotatable bonds is 4. The highest BCUT2D eigenvalue weighted by atomic mass is 16.6. The van der Waals surface area contributed by atoms with Gasteiger partial charge in [-0.05, 0) is 37.6 Å². The van der Waals surface area contributed by atoms with Gasteiger partial charge < -0.3 is 14.6 Å². The first-order valence-corrected chi connectivity index (χ1v) is 7.58. The molecule has 1 N–H and O–H groups in total. The fraction of sp³-hybridized carbons (Fsp3) is 0.375. The zero-order valence-corrected chi connectivity index (χ0v) is 13.7. The number of carbonyl (C=O) groups is 2. The van der Waals surface area contributed by atoms with Gasteiger partial charge in [0.15, 0.2) is 5.82 Å². The fourth-order valence-electron chi connectivity index (χ4n) is 2.56. The van der Waals surface area contributed by atoms with Gasteiger partial charge in [-0.25, -0.2) is 4.79 Å². The molecule has 2 heterocycles. The molecule has 1 aromatic carbocycles. The van der Waals surface area contributed by atoms with Crippen molar-refractivity contribution in [3.63, 3.8) is 0 Å². The average molecular weight is 330 g/mol. The van der Waals surface area contributed by atoms with Crippen molar-refractivity contribution in [3.8, 4) is 11.5 Å². The standard InChI is InChI=1S/C16H18N4O4/c1-9-6-12(4-5-14(9)15-18-10(2)19-24-15)20-8-13(23-16(20)22)7-17-11(3)21/h4-6,13H,7-8H2,1-3H3,(H,17,21). The van der Waals surface area contributed by atoms with E-state index in [4.69, 9.17) is 9.26 Å². The molecule has 0 aliphatic carbocycles. The van der Waals surface area contributed by atoms with E-state index in [2.05, 4.69) is 15.5 Å². The quantitative estimate of drug-likeness (QED) is 0.918. The normalized spacial score (nSPS) is 17.0. The van der Waals surface area contributed by atoms with E-state index in [0.717, 1.165) is 16.8 Å². The molecule has 1 aromatic heterocycles. The minimum atomic E-state index is -0.425. The Morgan fingerprint density at radius 2 is 2.21 bits per heavy atom. The minimum absolute atomic E-state index is 0.153. The molecular weight excluding hydrogens is 312 g/mol. The number of nitrogens with zero attached hydrogens (tertiary/aromatic N) is 3. The topological polar surface area (TPSA) is 97.6 Å². The Labute approximate surface area is 138 Å². The summed E-state index contributed by atoms with van der Waals surface area (Å²) in [6.45, 7) is 5.78. The molecule has 1 unspecified atom stereocenters. The molecule has 1 fully saturated rings. The molecule has 0 spiro atoms. The van der Waals surface area contributed by atoms with Crippen LogP contribution in [0.1, 0.15) is 18.3 Å². The summed E-state index contributed by atoms with van der Waals surface area (Å²) in [5, 5.41) is 6.44. The molecule has 1 aliphatic rings. The number of anilines is 1. The van der Waals surface area contributed by atoms with Crippen molar-refractivity contribution in [2.45, 2.75) is 26.9 Å². The Balaban J connectivity index is 1.77. The minimum Gasteiger partial charge on any atom is -0.442 e. The van der Waals surface area contributed by atoms with E-state index >= 15 is 0 Å². The second kappa shape index (κ2) is 6.31. The van der Waals surface area contributed by atoms with Crippen LogP contribution in [-0.4, -0.2) is 41.3 Å². The van der Waals surface area contributed by atoms with E-state index in [1.165, 1.54) is 6.92 Å². The molecule has 2 aromatic rings. The number of hydrogen-bond acceptors (Lipinski definition) is 6. The van der Waals surface area contributed by atoms with Crippen molar-refractivity contribution in [3.05, 3.63) is 29.6 Å². The first-order chi connectivity index (χ1) is 11.4. The number of benzene rings is 1. The van der Waals surface area contributed by atoms with Crippen LogP contribution in [0, 0.1) is 13.8 Å². The second-order valence-electron chi connectivity index (χ2n) is 5.70. The summed E-state index contributed by atoms with van der Waals surface area (Å²) in [5.74, 6) is 0.862. The summed E-state index contributed by atoms with van der Waals surface area (Å²) in [6.07, 6.45) is -0.786. The van der Waals surface area contributed by atoms with Crippen molar-refractivity contribution in [2.24, 2.45) is 0 Å². The van der Waals surface area contributed by atoms with Crippen LogP contribution in [0.15, 0.2) is 22.7 Å². The van der Waals surface area contributed by atoms with Crippen LogP contribution in [-0.2, 0) is 9.53 Å². The van der Waals surface area contributed by atoms with Crippen LogP contribution < -0.4 is 10.2 Å². The van der Waals surface area contributed by atoms with E-state index in [-0.39, 0.29) is 12.0 Å². The number of hydrogen-bond donors (Lipinski definition) is 1. The number of cyclic esters (lactones) is 1. The third-order valence-corrected chi connectivity index (χ3v) is 3.73. The van der Waals surface area contributed by atoms with E-state index < -0.39 is 6.09 Å². The number of aromatic nitrogens is 2. The van der Waals surface area contributed by atoms with E-state index in [1.807, 2.05) is 25.1 Å². The summed E-state index contributed by atoms with van der Waals surface area (Å²) < 4.78 is 10.5. The summed E-state index contributed by atoms with van der Waals surface area (Å²) in [4.78, 5) is 28.8. The maximum Gasteiger partial charge on any atom is 0.414 e. The number of amides is 2. The van der Waals surface area contributed by atoms with Crippen LogP contribution in [0.5, 0.6) is 0 Å². The predicted molar refractivity (Wildman–Crippen MR) is 85.5 cm³/mol. The number of carbonyl (C=O) groups excluding carboxylic acids is 2. The highest BCUT2D eigenvalue weighted by Gasteiger charge is 2.32. The molecule has 126 valence electrons. The average Bonchev–Trinajstić information content (AvgIpc) is 3.11. The number of nitrogens with one attached hydrogen (secondary N) is 1. The summed E-state index contributed by atoms with van der Waals surface area (Å²) >= 11 is 0. The lowest BCUT2D eigenvalue weighted by Gasteiger charge is -2.14. The van der Waals surface area contributed by atoms with E-state index in [9.17, 15) is 9.59 Å². The maximum atomic E-state index is 12.0. The Kier molecular flexibility index (Phi) is 4.20. The molecule has 2 amide bonds. The van der Waals surface area contributed by atoms with Crippen molar-refractivity contribution in [2.75, 3.05) is 18.0 Å². The van der Waals surface area contributed by atoms with E-state index in [1.54, 1.807) is 11.8 Å². The Morgan fingerprint density at radius 3 is 2.83 bits per heavy atom. The number of ether oxygens (including phenoxy) is 1. The van der Waals surface area contributed by atoms with Crippen molar-refractivity contribution >= 4 is 17.7 Å². The van der Waals surface area contributed by atoms with Crippen molar-refractivity contribution in [1.82, 2.24) is 15.5 Å². The molecule has 1 saturated heterocycles. The van der Waals surface area contributed by atoms with Crippen molar-refractivity contribution in [1.29, 1.82) is 0 Å². The van der Waals surface area contributed by atoms with Gasteiger partial charge >= 0.3 is 6.09 Å². The van der Waals surface area contributed by atoms with Gasteiger partial charge in [-0.3, -0.25) is 9.69 Å². The van der Waals surface area contributed by atoms with Gasteiger partial charge in [0.05, 0.1) is 13.1 Å². The molecule has 1 atom stereocenters. The largest absolute Gasteiger partial charge is 0.442 e. The molecule has 8 nitrogen and oxygen atoms in total. The second-order valence-corrected chi connectivity index (χ2v) is 5.70. The maximum absolute atomic E-state index is 12.0. The lowest BCUT2D eigenvalue weighted by Crippen LogP contribution is -2.33. The van der Waals surface area contributed by atoms with Gasteiger partial charge in [0.25, 0.3) is 5.89 Å². The molecule has 0 radical (unpaired) electrons. The first kappa shape index (κ1) is 16.0. The van der Waals surface area contributed by atoms with Gasteiger partial charge in [0.2, 0.25) is 5.91 Å². The molecular formula is C16H18N4O4. The molecule has 8 heteroatoms. The van der Waals surface area contributed by atoms with Crippen LogP contribution in [0.4, 0.5) is 10.5 Å². The van der Waals surface area contributed by atoms with Crippen LogP contribution in [0.25, 0.3) is 11.5 Å². The first-order valence-electron chi connectivity index (χ1n) is 7.58. The zero-order chi connectivity index (χ0) is 17.3.